The monoisotopic (exact) mass is 503 g/mol. The highest BCUT2D eigenvalue weighted by atomic mass is 79.9. The summed E-state index contributed by atoms with van der Waals surface area (Å²) in [5.41, 5.74) is 2.50. The molecular weight excluding hydrogens is 481 g/mol. The number of halogens is 2. The fourth-order valence-corrected chi connectivity index (χ4v) is 3.75. The van der Waals surface area contributed by atoms with Gasteiger partial charge in [-0.1, -0.05) is 24.3 Å². The minimum atomic E-state index is -0.474. The van der Waals surface area contributed by atoms with Gasteiger partial charge in [0.15, 0.2) is 11.5 Å². The van der Waals surface area contributed by atoms with Gasteiger partial charge < -0.3 is 10.6 Å². The highest BCUT2D eigenvalue weighted by molar-refractivity contribution is 9.10. The number of hydroxylamine groups is 1. The second-order valence-electron chi connectivity index (χ2n) is 7.42. The summed E-state index contributed by atoms with van der Waals surface area (Å²) in [5, 5.41) is 33.2. The number of hydrogen-bond acceptors (Lipinski definition) is 8. The van der Waals surface area contributed by atoms with Gasteiger partial charge in [0, 0.05) is 39.3 Å². The lowest BCUT2D eigenvalue weighted by Gasteiger charge is -2.27. The number of nitrogens with zero attached hydrogens (tertiary/aromatic N) is 4. The molecule has 4 rings (SSSR count). The Morgan fingerprint density at radius 1 is 1.19 bits per heavy atom. The SMILES string of the molecule is N=C(c1nonc1NCc1ccc(CN2CCNCC2)cc1)N(O)c1ccc(F)c(Br)c1. The van der Waals surface area contributed by atoms with Crippen molar-refractivity contribution in [3.05, 3.63) is 69.6 Å². The summed E-state index contributed by atoms with van der Waals surface area (Å²) in [5.74, 6) is -0.614. The molecule has 1 fully saturated rings. The lowest BCUT2D eigenvalue weighted by Crippen LogP contribution is -2.42. The van der Waals surface area contributed by atoms with Gasteiger partial charge in [-0.25, -0.2) is 14.1 Å². The third-order valence-corrected chi connectivity index (χ3v) is 5.78. The Kier molecular flexibility index (Phi) is 7.10. The summed E-state index contributed by atoms with van der Waals surface area (Å²) >= 11 is 3.06. The van der Waals surface area contributed by atoms with Gasteiger partial charge in [0.1, 0.15) is 5.82 Å². The largest absolute Gasteiger partial charge is 0.361 e. The fourth-order valence-electron chi connectivity index (χ4n) is 3.38. The lowest BCUT2D eigenvalue weighted by molar-refractivity contribution is 0.233. The molecule has 3 aromatic rings. The summed E-state index contributed by atoms with van der Waals surface area (Å²) in [6, 6.07) is 12.2. The Bertz CT molecular complexity index is 1070. The summed E-state index contributed by atoms with van der Waals surface area (Å²) in [6.45, 7) is 5.51. The second kappa shape index (κ2) is 10.2. The standard InChI is InChI=1S/C21H23BrFN7O2/c22-17-11-16(5-6-18(17)23)30(31)20(24)19-21(28-32-27-19)26-12-14-1-3-15(4-2-14)13-29-9-7-25-8-10-29/h1-6,11,24-25,31H,7-10,12-13H2,(H,26,28). The number of benzene rings is 2. The Hall–Kier alpha value is -2.86. The number of aromatic nitrogens is 2. The molecule has 4 N–H and O–H groups in total. The molecule has 1 saturated heterocycles. The summed E-state index contributed by atoms with van der Waals surface area (Å²) < 4.78 is 18.4. The molecule has 1 aromatic heterocycles. The van der Waals surface area contributed by atoms with E-state index in [2.05, 4.69) is 53.9 Å². The minimum Gasteiger partial charge on any atom is -0.361 e. The highest BCUT2D eigenvalue weighted by Crippen LogP contribution is 2.24. The van der Waals surface area contributed by atoms with Gasteiger partial charge in [0.2, 0.25) is 5.82 Å². The molecule has 1 aliphatic heterocycles. The van der Waals surface area contributed by atoms with Gasteiger partial charge in [0.25, 0.3) is 0 Å². The van der Waals surface area contributed by atoms with Crippen molar-refractivity contribution in [2.45, 2.75) is 13.1 Å². The zero-order valence-electron chi connectivity index (χ0n) is 17.2. The maximum Gasteiger partial charge on any atom is 0.202 e. The van der Waals surface area contributed by atoms with E-state index in [0.717, 1.165) is 38.3 Å². The molecule has 2 aromatic carbocycles. The van der Waals surface area contributed by atoms with Crippen molar-refractivity contribution in [3.63, 3.8) is 0 Å². The number of anilines is 2. The van der Waals surface area contributed by atoms with E-state index < -0.39 is 5.82 Å². The van der Waals surface area contributed by atoms with Gasteiger partial charge in [-0.2, -0.15) is 0 Å². The Balaban J connectivity index is 1.37. The molecule has 0 spiro atoms. The predicted molar refractivity (Wildman–Crippen MR) is 121 cm³/mol. The molecule has 0 radical (unpaired) electrons. The van der Waals surface area contributed by atoms with E-state index in [1.807, 2.05) is 12.1 Å². The Morgan fingerprint density at radius 2 is 1.91 bits per heavy atom. The van der Waals surface area contributed by atoms with Crippen molar-refractivity contribution in [2.24, 2.45) is 0 Å². The first-order chi connectivity index (χ1) is 15.5. The molecule has 2 heterocycles. The molecule has 9 nitrogen and oxygen atoms in total. The van der Waals surface area contributed by atoms with Crippen molar-refractivity contribution >= 4 is 33.3 Å². The van der Waals surface area contributed by atoms with Crippen LogP contribution in [0.15, 0.2) is 51.6 Å². The number of rotatable bonds is 7. The molecule has 0 aliphatic carbocycles. The molecule has 0 unspecified atom stereocenters. The van der Waals surface area contributed by atoms with E-state index in [-0.39, 0.29) is 27.5 Å². The van der Waals surface area contributed by atoms with E-state index in [9.17, 15) is 9.60 Å². The van der Waals surface area contributed by atoms with E-state index in [0.29, 0.717) is 11.6 Å². The molecule has 0 atom stereocenters. The topological polar surface area (TPSA) is 114 Å². The molecule has 32 heavy (non-hydrogen) atoms. The van der Waals surface area contributed by atoms with Crippen LogP contribution in [-0.2, 0) is 13.1 Å². The van der Waals surface area contributed by atoms with E-state index >= 15 is 0 Å². The average Bonchev–Trinajstić information content (AvgIpc) is 3.29. The zero-order chi connectivity index (χ0) is 22.5. The van der Waals surface area contributed by atoms with Crippen molar-refractivity contribution in [2.75, 3.05) is 36.6 Å². The van der Waals surface area contributed by atoms with Crippen molar-refractivity contribution < 1.29 is 14.2 Å². The minimum absolute atomic E-state index is 0.0308. The first-order valence-electron chi connectivity index (χ1n) is 10.1. The van der Waals surface area contributed by atoms with Gasteiger partial charge in [-0.15, -0.1) is 0 Å². The first kappa shape index (κ1) is 22.3. The van der Waals surface area contributed by atoms with Crippen LogP contribution in [-0.4, -0.2) is 52.4 Å². The smallest absolute Gasteiger partial charge is 0.202 e. The van der Waals surface area contributed by atoms with Gasteiger partial charge in [-0.05, 0) is 55.6 Å². The summed E-state index contributed by atoms with van der Waals surface area (Å²) in [7, 11) is 0. The lowest BCUT2D eigenvalue weighted by atomic mass is 10.1. The maximum absolute atomic E-state index is 13.5. The van der Waals surface area contributed by atoms with Crippen LogP contribution in [0, 0.1) is 11.2 Å². The van der Waals surface area contributed by atoms with Crippen LogP contribution < -0.4 is 15.7 Å². The van der Waals surface area contributed by atoms with Crippen molar-refractivity contribution in [3.8, 4) is 0 Å². The molecule has 11 heteroatoms. The quantitative estimate of drug-likeness (QED) is 0.221. The zero-order valence-corrected chi connectivity index (χ0v) is 18.8. The third-order valence-electron chi connectivity index (χ3n) is 5.17. The van der Waals surface area contributed by atoms with Crippen LogP contribution in [0.25, 0.3) is 0 Å². The Morgan fingerprint density at radius 3 is 2.62 bits per heavy atom. The normalized spacial score (nSPS) is 14.3. The number of nitrogens with one attached hydrogen (secondary N) is 3. The summed E-state index contributed by atoms with van der Waals surface area (Å²) in [6.07, 6.45) is 0. The molecule has 0 amide bonds. The van der Waals surface area contributed by atoms with Crippen LogP contribution in [0.3, 0.4) is 0 Å². The molecular formula is C21H23BrFN7O2. The highest BCUT2D eigenvalue weighted by Gasteiger charge is 2.21. The van der Waals surface area contributed by atoms with Gasteiger partial charge in [0.05, 0.1) is 10.2 Å². The number of piperazine rings is 1. The van der Waals surface area contributed by atoms with Gasteiger partial charge in [-0.3, -0.25) is 15.5 Å². The van der Waals surface area contributed by atoms with E-state index in [4.69, 9.17) is 10.0 Å². The average molecular weight is 504 g/mol. The molecule has 1 aliphatic rings. The van der Waals surface area contributed by atoms with Crippen LogP contribution in [0.2, 0.25) is 0 Å². The number of hydrogen-bond donors (Lipinski definition) is 4. The summed E-state index contributed by atoms with van der Waals surface area (Å²) in [4.78, 5) is 2.42. The van der Waals surface area contributed by atoms with Crippen LogP contribution in [0.1, 0.15) is 16.8 Å². The first-order valence-corrected chi connectivity index (χ1v) is 10.9. The van der Waals surface area contributed by atoms with E-state index in [1.165, 1.54) is 23.8 Å². The van der Waals surface area contributed by atoms with Gasteiger partial charge >= 0.3 is 0 Å². The molecule has 0 saturated carbocycles. The predicted octanol–water partition coefficient (Wildman–Crippen LogP) is 3.21. The Labute approximate surface area is 192 Å². The van der Waals surface area contributed by atoms with Crippen LogP contribution in [0.4, 0.5) is 15.9 Å². The van der Waals surface area contributed by atoms with Crippen molar-refractivity contribution in [1.82, 2.24) is 20.5 Å². The molecule has 168 valence electrons. The third kappa shape index (κ3) is 5.30. The van der Waals surface area contributed by atoms with Crippen LogP contribution in [0.5, 0.6) is 0 Å². The van der Waals surface area contributed by atoms with Crippen molar-refractivity contribution in [1.29, 1.82) is 5.41 Å². The number of amidine groups is 1. The van der Waals surface area contributed by atoms with E-state index in [1.54, 1.807) is 0 Å². The second-order valence-corrected chi connectivity index (χ2v) is 8.27. The molecule has 0 bridgehead atoms. The van der Waals surface area contributed by atoms with Crippen LogP contribution >= 0.6 is 15.9 Å². The fraction of sp³-hybridized carbons (Fsp3) is 0.286. The maximum atomic E-state index is 13.5.